The summed E-state index contributed by atoms with van der Waals surface area (Å²) < 4.78 is 18.8. The number of hydrogen-bond donors (Lipinski definition) is 1. The third-order valence-corrected chi connectivity index (χ3v) is 3.02. The number of hydrogen-bond acceptors (Lipinski definition) is 2. The molecule has 0 heterocycles. The smallest absolute Gasteiger partial charge is 0.130 e. The van der Waals surface area contributed by atoms with Gasteiger partial charge in [-0.1, -0.05) is 12.2 Å². The Kier molecular flexibility index (Phi) is 3.39. The fourth-order valence-corrected chi connectivity index (χ4v) is 2.14. The second-order valence-corrected chi connectivity index (χ2v) is 4.47. The average Bonchev–Trinajstić information content (AvgIpc) is 2.73. The van der Waals surface area contributed by atoms with Crippen LogP contribution >= 0.6 is 12.2 Å². The molecule has 1 aromatic rings. The Morgan fingerprint density at radius 1 is 1.38 bits per heavy atom. The first-order valence-electron chi connectivity index (χ1n) is 5.43. The van der Waals surface area contributed by atoms with E-state index >= 15 is 0 Å². The molecule has 1 aromatic carbocycles. The van der Waals surface area contributed by atoms with Crippen molar-refractivity contribution in [2.75, 3.05) is 0 Å². The summed E-state index contributed by atoms with van der Waals surface area (Å²) in [6.45, 7) is 0. The molecule has 0 spiro atoms. The lowest BCUT2D eigenvalue weighted by Crippen LogP contribution is -2.16. The largest absolute Gasteiger partial charge is 0.490 e. The van der Waals surface area contributed by atoms with E-state index in [0.717, 1.165) is 12.8 Å². The second-order valence-electron chi connectivity index (χ2n) is 4.03. The molecule has 16 heavy (non-hydrogen) atoms. The van der Waals surface area contributed by atoms with Gasteiger partial charge in [-0.3, -0.25) is 0 Å². The first-order valence-corrected chi connectivity index (χ1v) is 5.83. The molecule has 0 radical (unpaired) electrons. The maximum absolute atomic E-state index is 13.1. The molecule has 1 fully saturated rings. The van der Waals surface area contributed by atoms with E-state index in [1.165, 1.54) is 25.0 Å². The molecule has 0 atom stereocenters. The van der Waals surface area contributed by atoms with Crippen LogP contribution in [-0.4, -0.2) is 11.1 Å². The van der Waals surface area contributed by atoms with E-state index in [-0.39, 0.29) is 16.9 Å². The topological polar surface area (TPSA) is 35.2 Å². The fourth-order valence-electron chi connectivity index (χ4n) is 1.98. The number of ether oxygens (including phenoxy) is 1. The third kappa shape index (κ3) is 2.50. The minimum absolute atomic E-state index is 0.174. The van der Waals surface area contributed by atoms with Crippen LogP contribution in [0.1, 0.15) is 31.2 Å². The molecule has 0 unspecified atom stereocenters. The number of nitrogens with two attached hydrogens (primary N) is 1. The van der Waals surface area contributed by atoms with Gasteiger partial charge in [0.2, 0.25) is 0 Å². The highest BCUT2D eigenvalue weighted by Gasteiger charge is 2.18. The van der Waals surface area contributed by atoms with E-state index in [9.17, 15) is 4.39 Å². The van der Waals surface area contributed by atoms with Crippen LogP contribution in [0.5, 0.6) is 5.75 Å². The molecule has 0 amide bonds. The molecule has 0 aromatic heterocycles. The number of halogens is 1. The number of thiocarbonyl (C=S) groups is 1. The normalized spacial score (nSPS) is 16.3. The van der Waals surface area contributed by atoms with Crippen molar-refractivity contribution in [2.45, 2.75) is 31.8 Å². The molecular formula is C12H14FNOS. The van der Waals surface area contributed by atoms with Crippen molar-refractivity contribution in [3.63, 3.8) is 0 Å². The van der Waals surface area contributed by atoms with Gasteiger partial charge in [0.25, 0.3) is 0 Å². The first-order chi connectivity index (χ1) is 7.66. The van der Waals surface area contributed by atoms with Crippen LogP contribution in [0.25, 0.3) is 0 Å². The monoisotopic (exact) mass is 239 g/mol. The van der Waals surface area contributed by atoms with Gasteiger partial charge in [-0.05, 0) is 43.9 Å². The zero-order chi connectivity index (χ0) is 11.5. The molecule has 1 aliphatic rings. The molecule has 0 saturated heterocycles. The Hall–Kier alpha value is -1.16. The first kappa shape index (κ1) is 11.3. The minimum Gasteiger partial charge on any atom is -0.490 e. The van der Waals surface area contributed by atoms with E-state index in [2.05, 4.69) is 0 Å². The number of rotatable bonds is 3. The Bertz CT molecular complexity index is 402. The summed E-state index contributed by atoms with van der Waals surface area (Å²) in [5.74, 6) is 0.252. The molecule has 4 heteroatoms. The van der Waals surface area contributed by atoms with Crippen molar-refractivity contribution in [3.8, 4) is 5.75 Å². The van der Waals surface area contributed by atoms with Crippen molar-refractivity contribution in [1.82, 2.24) is 0 Å². The summed E-state index contributed by atoms with van der Waals surface area (Å²) in [6.07, 6.45) is 4.70. The lowest BCUT2D eigenvalue weighted by molar-refractivity contribution is 0.209. The second kappa shape index (κ2) is 4.78. The maximum Gasteiger partial charge on any atom is 0.130 e. The van der Waals surface area contributed by atoms with Gasteiger partial charge in [-0.2, -0.15) is 0 Å². The van der Waals surface area contributed by atoms with E-state index in [4.69, 9.17) is 22.7 Å². The highest BCUT2D eigenvalue weighted by Crippen LogP contribution is 2.27. The molecule has 2 N–H and O–H groups in total. The van der Waals surface area contributed by atoms with Gasteiger partial charge in [0, 0.05) is 0 Å². The molecule has 86 valence electrons. The summed E-state index contributed by atoms with van der Waals surface area (Å²) in [6, 6.07) is 4.29. The molecule has 2 nitrogen and oxygen atoms in total. The summed E-state index contributed by atoms with van der Waals surface area (Å²) >= 11 is 4.88. The summed E-state index contributed by atoms with van der Waals surface area (Å²) in [5, 5.41) is 0. The van der Waals surface area contributed by atoms with Crippen molar-refractivity contribution < 1.29 is 9.13 Å². The molecule has 1 saturated carbocycles. The highest BCUT2D eigenvalue weighted by molar-refractivity contribution is 7.80. The maximum atomic E-state index is 13.1. The molecule has 2 rings (SSSR count). The average molecular weight is 239 g/mol. The summed E-state index contributed by atoms with van der Waals surface area (Å²) in [7, 11) is 0. The van der Waals surface area contributed by atoms with Crippen LogP contribution in [0.3, 0.4) is 0 Å². The predicted molar refractivity (Wildman–Crippen MR) is 65.2 cm³/mol. The van der Waals surface area contributed by atoms with Crippen LogP contribution < -0.4 is 10.5 Å². The van der Waals surface area contributed by atoms with Crippen molar-refractivity contribution in [3.05, 3.63) is 29.6 Å². The Labute approximate surface area is 99.6 Å². The number of benzene rings is 1. The van der Waals surface area contributed by atoms with Crippen LogP contribution in [0.2, 0.25) is 0 Å². The van der Waals surface area contributed by atoms with Gasteiger partial charge in [0.1, 0.15) is 16.6 Å². The summed E-state index contributed by atoms with van der Waals surface area (Å²) in [4.78, 5) is 0.174. The van der Waals surface area contributed by atoms with E-state index in [0.29, 0.717) is 11.3 Å². The van der Waals surface area contributed by atoms with E-state index < -0.39 is 0 Å². The molecular weight excluding hydrogens is 225 g/mol. The minimum atomic E-state index is -0.346. The lowest BCUT2D eigenvalue weighted by atomic mass is 10.2. The van der Waals surface area contributed by atoms with Crippen molar-refractivity contribution >= 4 is 17.2 Å². The summed E-state index contributed by atoms with van der Waals surface area (Å²) in [5.41, 5.74) is 6.03. The van der Waals surface area contributed by atoms with Crippen molar-refractivity contribution in [2.24, 2.45) is 5.73 Å². The molecule has 0 aliphatic heterocycles. The van der Waals surface area contributed by atoms with Gasteiger partial charge in [0.05, 0.1) is 11.7 Å². The van der Waals surface area contributed by atoms with Crippen LogP contribution in [0.4, 0.5) is 4.39 Å². The van der Waals surface area contributed by atoms with Crippen molar-refractivity contribution in [1.29, 1.82) is 0 Å². The predicted octanol–water partition coefficient (Wildman–Crippen LogP) is 2.78. The van der Waals surface area contributed by atoms with E-state index in [1.54, 1.807) is 6.07 Å². The molecule has 0 bridgehead atoms. The van der Waals surface area contributed by atoms with E-state index in [1.807, 2.05) is 0 Å². The fraction of sp³-hybridized carbons (Fsp3) is 0.417. The third-order valence-electron chi connectivity index (χ3n) is 2.80. The molecule has 1 aliphatic carbocycles. The quantitative estimate of drug-likeness (QED) is 0.824. The zero-order valence-electron chi connectivity index (χ0n) is 8.91. The lowest BCUT2D eigenvalue weighted by Gasteiger charge is -2.15. The standard InChI is InChI=1S/C12H14FNOS/c13-8-5-6-11(10(7-8)12(14)16)15-9-3-1-2-4-9/h5-7,9H,1-4H2,(H2,14,16). The SMILES string of the molecule is NC(=S)c1cc(F)ccc1OC1CCCC1. The van der Waals surface area contributed by atoms with Gasteiger partial charge in [0.15, 0.2) is 0 Å². The Morgan fingerprint density at radius 2 is 2.06 bits per heavy atom. The van der Waals surface area contributed by atoms with Gasteiger partial charge >= 0.3 is 0 Å². The van der Waals surface area contributed by atoms with Gasteiger partial charge in [-0.15, -0.1) is 0 Å². The van der Waals surface area contributed by atoms with Crippen LogP contribution in [0.15, 0.2) is 18.2 Å². The van der Waals surface area contributed by atoms with Crippen LogP contribution in [-0.2, 0) is 0 Å². The highest BCUT2D eigenvalue weighted by atomic mass is 32.1. The zero-order valence-corrected chi connectivity index (χ0v) is 9.73. The Balaban J connectivity index is 2.21. The van der Waals surface area contributed by atoms with Gasteiger partial charge < -0.3 is 10.5 Å². The van der Waals surface area contributed by atoms with Crippen LogP contribution in [0, 0.1) is 5.82 Å². The van der Waals surface area contributed by atoms with Gasteiger partial charge in [-0.25, -0.2) is 4.39 Å². The Morgan fingerprint density at radius 3 is 2.69 bits per heavy atom.